The van der Waals surface area contributed by atoms with E-state index in [0.29, 0.717) is 12.5 Å². The summed E-state index contributed by atoms with van der Waals surface area (Å²) in [4.78, 5) is 20.0. The molecule has 0 radical (unpaired) electrons. The van der Waals surface area contributed by atoms with Gasteiger partial charge in [-0.1, -0.05) is 6.07 Å². The lowest BCUT2D eigenvalue weighted by molar-refractivity contribution is -0.161. The highest BCUT2D eigenvalue weighted by molar-refractivity contribution is 5.83. The fourth-order valence-corrected chi connectivity index (χ4v) is 6.65. The van der Waals surface area contributed by atoms with Crippen molar-refractivity contribution < 1.29 is 9.53 Å². The molecular weight excluding hydrogens is 324 g/mol. The van der Waals surface area contributed by atoms with Crippen LogP contribution in [0.1, 0.15) is 57.1 Å². The van der Waals surface area contributed by atoms with E-state index in [1.807, 2.05) is 24.4 Å². The van der Waals surface area contributed by atoms with Gasteiger partial charge in [0.25, 0.3) is 0 Å². The van der Waals surface area contributed by atoms with Gasteiger partial charge in [0, 0.05) is 19.3 Å². The average molecular weight is 354 g/mol. The Balaban J connectivity index is 1.23. The van der Waals surface area contributed by atoms with Gasteiger partial charge < -0.3 is 9.64 Å². The van der Waals surface area contributed by atoms with Gasteiger partial charge in [0.15, 0.2) is 0 Å². The lowest BCUT2D eigenvalue weighted by atomic mass is 9.49. The van der Waals surface area contributed by atoms with Crippen LogP contribution in [0.5, 0.6) is 0 Å². The summed E-state index contributed by atoms with van der Waals surface area (Å²) in [5.41, 5.74) is 0.953. The quantitative estimate of drug-likeness (QED) is 0.826. The Morgan fingerprint density at radius 2 is 1.88 bits per heavy atom. The Morgan fingerprint density at radius 1 is 1.15 bits per heavy atom. The molecule has 0 N–H and O–H groups in total. The van der Waals surface area contributed by atoms with E-state index in [4.69, 9.17) is 4.74 Å². The highest BCUT2D eigenvalue weighted by Crippen LogP contribution is 2.60. The van der Waals surface area contributed by atoms with Crippen LogP contribution in [-0.2, 0) is 16.1 Å². The van der Waals surface area contributed by atoms with Crippen LogP contribution in [-0.4, -0.2) is 35.0 Å². The molecule has 1 amide bonds. The van der Waals surface area contributed by atoms with Crippen molar-refractivity contribution in [2.24, 2.45) is 23.2 Å². The van der Waals surface area contributed by atoms with Gasteiger partial charge in [0.1, 0.15) is 0 Å². The zero-order valence-electron chi connectivity index (χ0n) is 15.6. The second-order valence-electron chi connectivity index (χ2n) is 9.35. The first kappa shape index (κ1) is 16.7. The van der Waals surface area contributed by atoms with Crippen LogP contribution in [0.25, 0.3) is 0 Å². The van der Waals surface area contributed by atoms with E-state index in [-0.39, 0.29) is 11.5 Å². The molecule has 2 heterocycles. The predicted molar refractivity (Wildman–Crippen MR) is 99.2 cm³/mol. The van der Waals surface area contributed by atoms with Crippen LogP contribution in [0.2, 0.25) is 0 Å². The van der Waals surface area contributed by atoms with Gasteiger partial charge >= 0.3 is 0 Å². The molecule has 0 aromatic carbocycles. The molecule has 1 aliphatic heterocycles. The van der Waals surface area contributed by atoms with Gasteiger partial charge in [-0.05, 0) is 81.3 Å². The first-order valence-corrected chi connectivity index (χ1v) is 10.5. The molecule has 5 fully saturated rings. The molecule has 4 aliphatic carbocycles. The topological polar surface area (TPSA) is 42.4 Å². The summed E-state index contributed by atoms with van der Waals surface area (Å²) in [6.45, 7) is 2.24. The summed E-state index contributed by atoms with van der Waals surface area (Å²) in [5.74, 6) is 2.94. The third-order valence-electron chi connectivity index (χ3n) is 7.35. The smallest absolute Gasteiger partial charge is 0.228 e. The Morgan fingerprint density at radius 3 is 2.54 bits per heavy atom. The van der Waals surface area contributed by atoms with Crippen molar-refractivity contribution in [1.82, 2.24) is 9.88 Å². The standard InChI is InChI=1S/C22H30N2O2/c25-21(22-11-16-8-17(12-22)10-18(9-16)13-22)24-7-3-5-20(14-24)26-15-19-4-1-2-6-23-19/h1-2,4,6,16-18,20H,3,5,7-15H2. The minimum atomic E-state index is -0.0162. The summed E-state index contributed by atoms with van der Waals surface area (Å²) in [7, 11) is 0. The van der Waals surface area contributed by atoms with Gasteiger partial charge in [-0.15, -0.1) is 0 Å². The number of aromatic nitrogens is 1. The van der Waals surface area contributed by atoms with Crippen molar-refractivity contribution >= 4 is 5.91 Å². The Labute approximate surface area is 156 Å². The maximum Gasteiger partial charge on any atom is 0.228 e. The maximum absolute atomic E-state index is 13.5. The van der Waals surface area contributed by atoms with Crippen molar-refractivity contribution in [2.45, 2.75) is 64.1 Å². The van der Waals surface area contributed by atoms with E-state index in [1.165, 1.54) is 19.3 Å². The number of hydrogen-bond donors (Lipinski definition) is 0. The van der Waals surface area contributed by atoms with E-state index in [0.717, 1.165) is 68.6 Å². The molecule has 4 saturated carbocycles. The Hall–Kier alpha value is -1.42. The van der Waals surface area contributed by atoms with Crippen molar-refractivity contribution in [3.63, 3.8) is 0 Å². The van der Waals surface area contributed by atoms with Gasteiger partial charge in [-0.2, -0.15) is 0 Å². The number of piperidine rings is 1. The third-order valence-corrected chi connectivity index (χ3v) is 7.35. The number of carbonyl (C=O) groups excluding carboxylic acids is 1. The summed E-state index contributed by atoms with van der Waals surface area (Å²) in [5, 5.41) is 0. The first-order chi connectivity index (χ1) is 12.7. The molecule has 1 atom stereocenters. The Kier molecular flexibility index (Phi) is 4.27. The van der Waals surface area contributed by atoms with Crippen molar-refractivity contribution in [2.75, 3.05) is 13.1 Å². The molecule has 26 heavy (non-hydrogen) atoms. The van der Waals surface area contributed by atoms with E-state index in [2.05, 4.69) is 9.88 Å². The number of carbonyl (C=O) groups is 1. The number of pyridine rings is 1. The maximum atomic E-state index is 13.5. The number of ether oxygens (including phenoxy) is 1. The predicted octanol–water partition coefficient (Wildman–Crippen LogP) is 3.81. The molecular formula is C22H30N2O2. The number of rotatable bonds is 4. The molecule has 4 nitrogen and oxygen atoms in total. The van der Waals surface area contributed by atoms with Gasteiger partial charge in [-0.25, -0.2) is 0 Å². The minimum absolute atomic E-state index is 0.0162. The number of amides is 1. The molecule has 140 valence electrons. The van der Waals surface area contributed by atoms with Crippen molar-refractivity contribution in [3.8, 4) is 0 Å². The van der Waals surface area contributed by atoms with Crippen molar-refractivity contribution in [3.05, 3.63) is 30.1 Å². The molecule has 4 heteroatoms. The van der Waals surface area contributed by atoms with E-state index >= 15 is 0 Å². The fourth-order valence-electron chi connectivity index (χ4n) is 6.65. The SMILES string of the molecule is O=C(N1CCCC(OCc2ccccn2)C1)C12CC3CC(CC(C3)C1)C2. The molecule has 1 saturated heterocycles. The normalized spacial score (nSPS) is 38.5. The van der Waals surface area contributed by atoms with Crippen LogP contribution in [0.4, 0.5) is 0 Å². The molecule has 1 aromatic heterocycles. The second kappa shape index (κ2) is 6.63. The number of likely N-dealkylation sites (tertiary alicyclic amines) is 1. The van der Waals surface area contributed by atoms with E-state index in [9.17, 15) is 4.79 Å². The lowest BCUT2D eigenvalue weighted by Gasteiger charge is -2.57. The number of nitrogens with zero attached hydrogens (tertiary/aromatic N) is 2. The zero-order chi connectivity index (χ0) is 17.6. The highest BCUT2D eigenvalue weighted by Gasteiger charge is 2.55. The molecule has 1 aromatic rings. The highest BCUT2D eigenvalue weighted by atomic mass is 16.5. The number of hydrogen-bond acceptors (Lipinski definition) is 3. The van der Waals surface area contributed by atoms with Crippen molar-refractivity contribution in [1.29, 1.82) is 0 Å². The summed E-state index contributed by atoms with van der Waals surface area (Å²) in [6.07, 6.45) is 11.7. The largest absolute Gasteiger partial charge is 0.370 e. The summed E-state index contributed by atoms with van der Waals surface area (Å²) < 4.78 is 6.11. The van der Waals surface area contributed by atoms with Gasteiger partial charge in [0.2, 0.25) is 5.91 Å². The minimum Gasteiger partial charge on any atom is -0.370 e. The van der Waals surface area contributed by atoms with Gasteiger partial charge in [-0.3, -0.25) is 9.78 Å². The van der Waals surface area contributed by atoms with Crippen LogP contribution in [0.3, 0.4) is 0 Å². The zero-order valence-corrected chi connectivity index (χ0v) is 15.6. The summed E-state index contributed by atoms with van der Waals surface area (Å²) in [6, 6.07) is 5.92. The molecule has 1 unspecified atom stereocenters. The summed E-state index contributed by atoms with van der Waals surface area (Å²) >= 11 is 0. The lowest BCUT2D eigenvalue weighted by Crippen LogP contribution is -2.56. The van der Waals surface area contributed by atoms with Crippen LogP contribution in [0, 0.1) is 23.2 Å². The second-order valence-corrected chi connectivity index (χ2v) is 9.35. The molecule has 0 spiro atoms. The first-order valence-electron chi connectivity index (χ1n) is 10.5. The van der Waals surface area contributed by atoms with Crippen LogP contribution < -0.4 is 0 Å². The third kappa shape index (κ3) is 3.06. The fraction of sp³-hybridized carbons (Fsp3) is 0.727. The van der Waals surface area contributed by atoms with Crippen LogP contribution >= 0.6 is 0 Å². The molecule has 5 aliphatic rings. The van der Waals surface area contributed by atoms with Gasteiger partial charge in [0.05, 0.1) is 23.8 Å². The monoisotopic (exact) mass is 354 g/mol. The van der Waals surface area contributed by atoms with E-state index in [1.54, 1.807) is 0 Å². The molecule has 4 bridgehead atoms. The molecule has 6 rings (SSSR count). The van der Waals surface area contributed by atoms with E-state index < -0.39 is 0 Å². The van der Waals surface area contributed by atoms with Crippen LogP contribution in [0.15, 0.2) is 24.4 Å². The Bertz CT molecular complexity index is 624. The average Bonchev–Trinajstić information content (AvgIpc) is 2.66.